The van der Waals surface area contributed by atoms with Gasteiger partial charge in [-0.25, -0.2) is 4.39 Å². The Morgan fingerprint density at radius 1 is 1.08 bits per heavy atom. The second kappa shape index (κ2) is 7.54. The predicted molar refractivity (Wildman–Crippen MR) is 98.5 cm³/mol. The van der Waals surface area contributed by atoms with E-state index >= 15 is 0 Å². The number of piperazine rings is 1. The summed E-state index contributed by atoms with van der Waals surface area (Å²) in [5.74, 6) is -0.224. The summed E-state index contributed by atoms with van der Waals surface area (Å²) in [7, 11) is 0. The van der Waals surface area contributed by atoms with E-state index < -0.39 is 0 Å². The van der Waals surface area contributed by atoms with Gasteiger partial charge >= 0.3 is 0 Å². The molecule has 25 heavy (non-hydrogen) atoms. The van der Waals surface area contributed by atoms with E-state index in [2.05, 4.69) is 4.90 Å². The lowest BCUT2D eigenvalue weighted by Gasteiger charge is -2.35. The molecule has 0 unspecified atom stereocenters. The van der Waals surface area contributed by atoms with Crippen molar-refractivity contribution in [2.75, 3.05) is 26.2 Å². The summed E-state index contributed by atoms with van der Waals surface area (Å²) in [4.78, 5) is 16.9. The van der Waals surface area contributed by atoms with Crippen molar-refractivity contribution in [1.29, 1.82) is 0 Å². The predicted octanol–water partition coefficient (Wildman–Crippen LogP) is 4.05. The largest absolute Gasteiger partial charge is 0.336 e. The van der Waals surface area contributed by atoms with Crippen LogP contribution < -0.4 is 0 Å². The molecule has 1 aliphatic heterocycles. The van der Waals surface area contributed by atoms with Gasteiger partial charge in [-0.1, -0.05) is 35.4 Å². The molecule has 0 radical (unpaired) electrons. The van der Waals surface area contributed by atoms with Crippen LogP contribution in [-0.4, -0.2) is 41.9 Å². The van der Waals surface area contributed by atoms with Crippen LogP contribution in [0.4, 0.5) is 4.39 Å². The van der Waals surface area contributed by atoms with Crippen molar-refractivity contribution in [3.05, 3.63) is 69.5 Å². The first kappa shape index (κ1) is 17.9. The van der Waals surface area contributed by atoms with E-state index in [1.165, 1.54) is 12.1 Å². The Hall–Kier alpha value is -1.91. The molecule has 0 N–H and O–H groups in total. The summed E-state index contributed by atoms with van der Waals surface area (Å²) in [5.41, 5.74) is 3.81. The Bertz CT molecular complexity index is 785. The fourth-order valence-corrected chi connectivity index (χ4v) is 3.36. The van der Waals surface area contributed by atoms with Gasteiger partial charge in [0.05, 0.1) is 0 Å². The monoisotopic (exact) mass is 360 g/mol. The summed E-state index contributed by atoms with van der Waals surface area (Å²) in [6.07, 6.45) is 0. The molecule has 1 fully saturated rings. The second-order valence-electron chi connectivity index (χ2n) is 6.62. The average Bonchev–Trinajstić information content (AvgIpc) is 2.59. The molecule has 0 bridgehead atoms. The van der Waals surface area contributed by atoms with Crippen molar-refractivity contribution in [1.82, 2.24) is 9.80 Å². The lowest BCUT2D eigenvalue weighted by Crippen LogP contribution is -2.48. The van der Waals surface area contributed by atoms with Crippen molar-refractivity contribution in [3.63, 3.8) is 0 Å². The SMILES string of the molecule is Cc1ccc(C)c(C(=O)N2CCN(Cc3ccc(F)cc3Cl)CC2)c1. The Labute approximate surface area is 153 Å². The molecule has 2 aromatic carbocycles. The van der Waals surface area contributed by atoms with Crippen molar-refractivity contribution in [2.24, 2.45) is 0 Å². The first-order valence-corrected chi connectivity index (χ1v) is 8.84. The van der Waals surface area contributed by atoms with Gasteiger partial charge in [0.15, 0.2) is 0 Å². The number of amides is 1. The van der Waals surface area contributed by atoms with E-state index in [0.717, 1.165) is 35.3 Å². The molecule has 0 aromatic heterocycles. The molecule has 5 heteroatoms. The molecule has 0 aliphatic carbocycles. The van der Waals surface area contributed by atoms with Gasteiger partial charge in [-0.05, 0) is 43.2 Å². The van der Waals surface area contributed by atoms with E-state index in [9.17, 15) is 9.18 Å². The van der Waals surface area contributed by atoms with Crippen LogP contribution in [0.5, 0.6) is 0 Å². The topological polar surface area (TPSA) is 23.6 Å². The molecule has 0 spiro atoms. The normalized spacial score (nSPS) is 15.4. The quantitative estimate of drug-likeness (QED) is 0.824. The van der Waals surface area contributed by atoms with Gasteiger partial charge in [-0.15, -0.1) is 0 Å². The minimum Gasteiger partial charge on any atom is -0.336 e. The van der Waals surface area contributed by atoms with Gasteiger partial charge in [-0.3, -0.25) is 9.69 Å². The molecule has 1 amide bonds. The fraction of sp³-hybridized carbons (Fsp3) is 0.350. The average molecular weight is 361 g/mol. The maximum absolute atomic E-state index is 13.1. The standard InChI is InChI=1S/C20H22ClFN2O/c1-14-3-4-15(2)18(11-14)20(25)24-9-7-23(8-10-24)13-16-5-6-17(22)12-19(16)21/h3-6,11-12H,7-10,13H2,1-2H3. The number of hydrogen-bond acceptors (Lipinski definition) is 2. The maximum Gasteiger partial charge on any atom is 0.254 e. The van der Waals surface area contributed by atoms with Gasteiger partial charge < -0.3 is 4.90 Å². The molecule has 2 aromatic rings. The number of halogens is 2. The third-order valence-corrected chi connectivity index (χ3v) is 5.04. The highest BCUT2D eigenvalue weighted by Gasteiger charge is 2.23. The zero-order valence-electron chi connectivity index (χ0n) is 14.6. The molecule has 1 saturated heterocycles. The van der Waals surface area contributed by atoms with E-state index in [-0.39, 0.29) is 11.7 Å². The molecule has 0 atom stereocenters. The molecule has 132 valence electrons. The number of nitrogens with zero attached hydrogens (tertiary/aromatic N) is 2. The third-order valence-electron chi connectivity index (χ3n) is 4.69. The number of rotatable bonds is 3. The van der Waals surface area contributed by atoms with Crippen molar-refractivity contribution >= 4 is 17.5 Å². The van der Waals surface area contributed by atoms with E-state index in [1.54, 1.807) is 6.07 Å². The summed E-state index contributed by atoms with van der Waals surface area (Å²) in [5, 5.41) is 0.453. The van der Waals surface area contributed by atoms with Crippen molar-refractivity contribution in [3.8, 4) is 0 Å². The minimum atomic E-state index is -0.322. The van der Waals surface area contributed by atoms with Crippen molar-refractivity contribution in [2.45, 2.75) is 20.4 Å². The maximum atomic E-state index is 13.1. The van der Waals surface area contributed by atoms with Crippen LogP contribution >= 0.6 is 11.6 Å². The number of aryl methyl sites for hydroxylation is 2. The fourth-order valence-electron chi connectivity index (χ4n) is 3.14. The van der Waals surface area contributed by atoms with Crippen LogP contribution in [0.15, 0.2) is 36.4 Å². The van der Waals surface area contributed by atoms with Gasteiger partial charge in [0, 0.05) is 43.3 Å². The summed E-state index contributed by atoms with van der Waals surface area (Å²) < 4.78 is 13.1. The van der Waals surface area contributed by atoms with E-state index in [1.807, 2.05) is 36.9 Å². The molecular formula is C20H22ClFN2O. The summed E-state index contributed by atoms with van der Waals surface area (Å²) >= 11 is 6.11. The Kier molecular flexibility index (Phi) is 5.40. The van der Waals surface area contributed by atoms with Gasteiger partial charge in [0.25, 0.3) is 5.91 Å². The molecule has 3 rings (SSSR count). The first-order chi connectivity index (χ1) is 11.9. The van der Waals surface area contributed by atoms with Crippen LogP contribution in [0.25, 0.3) is 0 Å². The highest BCUT2D eigenvalue weighted by molar-refractivity contribution is 6.31. The third kappa shape index (κ3) is 4.20. The first-order valence-electron chi connectivity index (χ1n) is 8.47. The Morgan fingerprint density at radius 2 is 1.80 bits per heavy atom. The molecule has 3 nitrogen and oxygen atoms in total. The van der Waals surface area contributed by atoms with Crippen LogP contribution in [0.2, 0.25) is 5.02 Å². The summed E-state index contributed by atoms with van der Waals surface area (Å²) in [6.45, 7) is 7.58. The van der Waals surface area contributed by atoms with Crippen LogP contribution in [0.3, 0.4) is 0 Å². The highest BCUT2D eigenvalue weighted by Crippen LogP contribution is 2.20. The van der Waals surface area contributed by atoms with Gasteiger partial charge in [0.2, 0.25) is 0 Å². The van der Waals surface area contributed by atoms with Gasteiger partial charge in [0.1, 0.15) is 5.82 Å². The zero-order valence-corrected chi connectivity index (χ0v) is 15.3. The number of carbonyl (C=O) groups excluding carboxylic acids is 1. The van der Waals surface area contributed by atoms with Crippen LogP contribution in [0.1, 0.15) is 27.0 Å². The Balaban J connectivity index is 1.61. The molecular weight excluding hydrogens is 339 g/mol. The minimum absolute atomic E-state index is 0.0978. The highest BCUT2D eigenvalue weighted by atomic mass is 35.5. The number of carbonyl (C=O) groups is 1. The van der Waals surface area contributed by atoms with Crippen molar-refractivity contribution < 1.29 is 9.18 Å². The smallest absolute Gasteiger partial charge is 0.254 e. The van der Waals surface area contributed by atoms with E-state index in [0.29, 0.717) is 24.7 Å². The molecule has 1 aliphatic rings. The number of benzene rings is 2. The molecule has 0 saturated carbocycles. The van der Waals surface area contributed by atoms with Crippen LogP contribution in [-0.2, 0) is 6.54 Å². The van der Waals surface area contributed by atoms with Crippen LogP contribution in [0, 0.1) is 19.7 Å². The summed E-state index contributed by atoms with van der Waals surface area (Å²) in [6, 6.07) is 10.5. The molecule has 1 heterocycles. The second-order valence-corrected chi connectivity index (χ2v) is 7.03. The number of hydrogen-bond donors (Lipinski definition) is 0. The van der Waals surface area contributed by atoms with E-state index in [4.69, 9.17) is 11.6 Å². The lowest BCUT2D eigenvalue weighted by atomic mass is 10.0. The lowest BCUT2D eigenvalue weighted by molar-refractivity contribution is 0.0627. The van der Waals surface area contributed by atoms with Gasteiger partial charge in [-0.2, -0.15) is 0 Å². The zero-order chi connectivity index (χ0) is 18.0. The Morgan fingerprint density at radius 3 is 2.48 bits per heavy atom.